The second-order valence-electron chi connectivity index (χ2n) is 6.36. The lowest BCUT2D eigenvalue weighted by molar-refractivity contribution is -0.122. The van der Waals surface area contributed by atoms with Crippen LogP contribution in [-0.2, 0) is 11.2 Å². The molecule has 1 aliphatic rings. The Bertz CT molecular complexity index is 728. The van der Waals surface area contributed by atoms with Crippen molar-refractivity contribution in [2.24, 2.45) is 0 Å². The molecular weight excluding hydrogens is 302 g/mol. The average Bonchev–Trinajstić information content (AvgIpc) is 2.90. The van der Waals surface area contributed by atoms with Crippen LogP contribution in [0.3, 0.4) is 0 Å². The lowest BCUT2D eigenvalue weighted by Gasteiger charge is -2.20. The molecule has 2 aromatic rings. The van der Waals surface area contributed by atoms with E-state index in [1.54, 1.807) is 7.11 Å². The summed E-state index contributed by atoms with van der Waals surface area (Å²) < 4.78 is 5.37. The van der Waals surface area contributed by atoms with E-state index in [2.05, 4.69) is 5.32 Å². The number of amides is 1. The molecule has 0 heterocycles. The van der Waals surface area contributed by atoms with Gasteiger partial charge < -0.3 is 15.2 Å². The lowest BCUT2D eigenvalue weighted by atomic mass is 9.96. The van der Waals surface area contributed by atoms with Crippen molar-refractivity contribution in [3.05, 3.63) is 65.2 Å². The molecule has 2 N–H and O–H groups in total. The summed E-state index contributed by atoms with van der Waals surface area (Å²) in [4.78, 5) is 12.5. The molecular formula is C20H23NO3. The molecule has 24 heavy (non-hydrogen) atoms. The summed E-state index contributed by atoms with van der Waals surface area (Å²) in [5.74, 6) is 0.771. The van der Waals surface area contributed by atoms with Gasteiger partial charge in [-0.25, -0.2) is 0 Å². The maximum Gasteiger partial charge on any atom is 0.221 e. The molecule has 0 bridgehead atoms. The molecule has 1 aliphatic carbocycles. The van der Waals surface area contributed by atoms with Crippen LogP contribution in [0, 0.1) is 0 Å². The summed E-state index contributed by atoms with van der Waals surface area (Å²) in [5.41, 5.74) is 3.14. The summed E-state index contributed by atoms with van der Waals surface area (Å²) in [6.45, 7) is 2.01. The zero-order chi connectivity index (χ0) is 17.1. The Kier molecular flexibility index (Phi) is 4.86. The Morgan fingerprint density at radius 1 is 1.25 bits per heavy atom. The van der Waals surface area contributed by atoms with Crippen LogP contribution in [0.1, 0.15) is 42.0 Å². The Labute approximate surface area is 142 Å². The highest BCUT2D eigenvalue weighted by Crippen LogP contribution is 2.32. The minimum atomic E-state index is -0.562. The van der Waals surface area contributed by atoms with Crippen molar-refractivity contribution in [1.82, 2.24) is 5.32 Å². The Morgan fingerprint density at radius 3 is 2.75 bits per heavy atom. The highest BCUT2D eigenvalue weighted by Gasteiger charge is 2.32. The molecule has 1 amide bonds. The highest BCUT2D eigenvalue weighted by molar-refractivity contribution is 5.78. The smallest absolute Gasteiger partial charge is 0.221 e. The first-order chi connectivity index (χ1) is 11.6. The molecule has 3 atom stereocenters. The number of fused-ring (bicyclic) bond motifs is 1. The second kappa shape index (κ2) is 7.05. The number of ether oxygens (including phenoxy) is 1. The van der Waals surface area contributed by atoms with Gasteiger partial charge in [0.05, 0.1) is 19.3 Å². The van der Waals surface area contributed by atoms with Gasteiger partial charge in [0, 0.05) is 12.8 Å². The number of aliphatic hydroxyl groups is 1. The van der Waals surface area contributed by atoms with Crippen LogP contribution in [0.4, 0.5) is 0 Å². The average molecular weight is 325 g/mol. The van der Waals surface area contributed by atoms with Crippen LogP contribution in [-0.4, -0.2) is 24.2 Å². The Balaban J connectivity index is 1.68. The van der Waals surface area contributed by atoms with Crippen LogP contribution in [0.25, 0.3) is 0 Å². The van der Waals surface area contributed by atoms with Crippen LogP contribution in [0.5, 0.6) is 5.75 Å². The number of carbonyl (C=O) groups is 1. The number of hydrogen-bond donors (Lipinski definition) is 2. The van der Waals surface area contributed by atoms with Crippen molar-refractivity contribution in [3.8, 4) is 5.75 Å². The van der Waals surface area contributed by atoms with Gasteiger partial charge in [-0.1, -0.05) is 49.4 Å². The molecule has 0 saturated carbocycles. The number of nitrogens with one attached hydrogen (secondary N) is 1. The fraction of sp³-hybridized carbons (Fsp3) is 0.350. The van der Waals surface area contributed by atoms with E-state index in [-0.39, 0.29) is 17.9 Å². The number of hydrogen-bond acceptors (Lipinski definition) is 3. The molecule has 4 nitrogen and oxygen atoms in total. The van der Waals surface area contributed by atoms with Crippen LogP contribution in [0.2, 0.25) is 0 Å². The van der Waals surface area contributed by atoms with E-state index < -0.39 is 6.10 Å². The van der Waals surface area contributed by atoms with E-state index in [1.165, 1.54) is 0 Å². The van der Waals surface area contributed by atoms with Gasteiger partial charge in [-0.05, 0) is 28.7 Å². The summed E-state index contributed by atoms with van der Waals surface area (Å²) in [7, 11) is 1.64. The van der Waals surface area contributed by atoms with E-state index >= 15 is 0 Å². The molecule has 1 unspecified atom stereocenters. The van der Waals surface area contributed by atoms with E-state index in [0.29, 0.717) is 12.8 Å². The van der Waals surface area contributed by atoms with Gasteiger partial charge >= 0.3 is 0 Å². The maximum absolute atomic E-state index is 12.5. The van der Waals surface area contributed by atoms with Gasteiger partial charge in [0.2, 0.25) is 5.91 Å². The van der Waals surface area contributed by atoms with Crippen molar-refractivity contribution < 1.29 is 14.6 Å². The zero-order valence-corrected chi connectivity index (χ0v) is 14.0. The monoisotopic (exact) mass is 325 g/mol. The second-order valence-corrected chi connectivity index (χ2v) is 6.36. The number of aliphatic hydroxyl groups excluding tert-OH is 1. The molecule has 0 saturated heterocycles. The maximum atomic E-state index is 12.5. The SMILES string of the molecule is COc1ccccc1C(C)CC(=O)N[C@@H]1c2ccccc2C[C@@H]1O. The first-order valence-corrected chi connectivity index (χ1v) is 8.28. The van der Waals surface area contributed by atoms with Crippen molar-refractivity contribution >= 4 is 5.91 Å². The van der Waals surface area contributed by atoms with Crippen LogP contribution in [0.15, 0.2) is 48.5 Å². The van der Waals surface area contributed by atoms with E-state index in [4.69, 9.17) is 4.74 Å². The molecule has 0 aromatic heterocycles. The third kappa shape index (κ3) is 3.29. The number of carbonyl (C=O) groups excluding carboxylic acids is 1. The Morgan fingerprint density at radius 2 is 1.96 bits per heavy atom. The Hall–Kier alpha value is -2.33. The van der Waals surface area contributed by atoms with Gasteiger partial charge in [-0.3, -0.25) is 4.79 Å². The number of rotatable bonds is 5. The van der Waals surface area contributed by atoms with E-state index in [0.717, 1.165) is 22.4 Å². The molecule has 2 aromatic carbocycles. The van der Waals surface area contributed by atoms with Crippen LogP contribution >= 0.6 is 0 Å². The predicted octanol–water partition coefficient (Wildman–Crippen LogP) is 2.96. The van der Waals surface area contributed by atoms with E-state index in [9.17, 15) is 9.90 Å². The zero-order valence-electron chi connectivity index (χ0n) is 14.0. The number of benzene rings is 2. The van der Waals surface area contributed by atoms with Gasteiger partial charge in [-0.2, -0.15) is 0 Å². The summed E-state index contributed by atoms with van der Waals surface area (Å²) in [5, 5.41) is 13.3. The van der Waals surface area contributed by atoms with Gasteiger partial charge in [0.25, 0.3) is 0 Å². The first-order valence-electron chi connectivity index (χ1n) is 8.28. The molecule has 4 heteroatoms. The van der Waals surface area contributed by atoms with E-state index in [1.807, 2.05) is 55.5 Å². The molecule has 0 spiro atoms. The van der Waals surface area contributed by atoms with Crippen molar-refractivity contribution in [1.29, 1.82) is 0 Å². The highest BCUT2D eigenvalue weighted by atomic mass is 16.5. The number of methoxy groups -OCH3 is 1. The van der Waals surface area contributed by atoms with Crippen LogP contribution < -0.4 is 10.1 Å². The van der Waals surface area contributed by atoms with Gasteiger partial charge in [-0.15, -0.1) is 0 Å². The molecule has 0 aliphatic heterocycles. The van der Waals surface area contributed by atoms with Gasteiger partial charge in [0.15, 0.2) is 0 Å². The predicted molar refractivity (Wildman–Crippen MR) is 93.1 cm³/mol. The quantitative estimate of drug-likeness (QED) is 0.888. The molecule has 3 rings (SSSR count). The largest absolute Gasteiger partial charge is 0.496 e. The van der Waals surface area contributed by atoms with Gasteiger partial charge in [0.1, 0.15) is 5.75 Å². The third-order valence-electron chi connectivity index (χ3n) is 4.68. The normalized spacial score (nSPS) is 20.3. The van der Waals surface area contributed by atoms with Crippen molar-refractivity contribution in [2.45, 2.75) is 37.8 Å². The summed E-state index contributed by atoms with van der Waals surface area (Å²) >= 11 is 0. The first kappa shape index (κ1) is 16.5. The summed E-state index contributed by atoms with van der Waals surface area (Å²) in [6, 6.07) is 15.3. The van der Waals surface area contributed by atoms with Crippen molar-refractivity contribution in [3.63, 3.8) is 0 Å². The topological polar surface area (TPSA) is 58.6 Å². The number of para-hydroxylation sites is 1. The molecule has 126 valence electrons. The van der Waals surface area contributed by atoms with Crippen molar-refractivity contribution in [2.75, 3.05) is 7.11 Å². The minimum absolute atomic E-state index is 0.0370. The lowest BCUT2D eigenvalue weighted by Crippen LogP contribution is -2.34. The molecule has 0 radical (unpaired) electrons. The fourth-order valence-corrected chi connectivity index (χ4v) is 3.44. The third-order valence-corrected chi connectivity index (χ3v) is 4.68. The standard InChI is InChI=1S/C20H23NO3/c1-13(15-8-5-6-10-18(15)24-2)11-19(23)21-20-16-9-4-3-7-14(16)12-17(20)22/h3-10,13,17,20,22H,11-12H2,1-2H3,(H,21,23)/t13?,17-,20+/m0/s1. The molecule has 0 fully saturated rings. The summed E-state index contributed by atoms with van der Waals surface area (Å²) in [6.07, 6.45) is 0.377. The minimum Gasteiger partial charge on any atom is -0.496 e. The fourth-order valence-electron chi connectivity index (χ4n) is 3.44.